The number of hydrogen-bond donors (Lipinski definition) is 1. The lowest BCUT2D eigenvalue weighted by Crippen LogP contribution is -2.01. The minimum atomic E-state index is 0.222. The van der Waals surface area contributed by atoms with Gasteiger partial charge in [0.25, 0.3) is 0 Å². The van der Waals surface area contributed by atoms with Gasteiger partial charge in [0.15, 0.2) is 11.5 Å². The van der Waals surface area contributed by atoms with Crippen LogP contribution in [0.2, 0.25) is 0 Å². The summed E-state index contributed by atoms with van der Waals surface area (Å²) >= 11 is 0. The lowest BCUT2D eigenvalue weighted by molar-refractivity contribution is 0.120. The van der Waals surface area contributed by atoms with Crippen LogP contribution >= 0.6 is 0 Å². The van der Waals surface area contributed by atoms with Gasteiger partial charge >= 0.3 is 0 Å². The maximum atomic E-state index is 5.27. The molecule has 1 heterocycles. The zero-order chi connectivity index (χ0) is 9.97. The molecule has 0 amide bonds. The molecule has 0 aliphatic carbocycles. The highest BCUT2D eigenvalue weighted by atomic mass is 16.7. The van der Waals surface area contributed by atoms with Crippen LogP contribution in [0, 0.1) is 0 Å². The summed E-state index contributed by atoms with van der Waals surface area (Å²) in [7, 11) is 1.59. The van der Waals surface area contributed by atoms with E-state index in [2.05, 4.69) is 4.84 Å². The van der Waals surface area contributed by atoms with Crippen molar-refractivity contribution in [2.75, 3.05) is 13.9 Å². The van der Waals surface area contributed by atoms with Crippen molar-refractivity contribution in [2.24, 2.45) is 5.90 Å². The summed E-state index contributed by atoms with van der Waals surface area (Å²) in [5.74, 6) is 7.05. The van der Waals surface area contributed by atoms with Crippen LogP contribution in [0.3, 0.4) is 0 Å². The summed E-state index contributed by atoms with van der Waals surface area (Å²) in [4.78, 5) is 4.56. The first-order valence-electron chi connectivity index (χ1n) is 4.13. The first-order chi connectivity index (χ1) is 6.85. The van der Waals surface area contributed by atoms with E-state index in [1.807, 2.05) is 0 Å². The Labute approximate surface area is 81.3 Å². The van der Waals surface area contributed by atoms with Crippen molar-refractivity contribution in [2.45, 2.75) is 6.61 Å². The number of ether oxygens (including phenoxy) is 3. The molecule has 0 radical (unpaired) electrons. The van der Waals surface area contributed by atoms with Gasteiger partial charge in [0.05, 0.1) is 13.7 Å². The molecule has 0 fully saturated rings. The van der Waals surface area contributed by atoms with E-state index in [-0.39, 0.29) is 13.4 Å². The minimum absolute atomic E-state index is 0.222. The third-order valence-corrected chi connectivity index (χ3v) is 2.00. The smallest absolute Gasteiger partial charge is 0.231 e. The second-order valence-corrected chi connectivity index (χ2v) is 2.83. The minimum Gasteiger partial charge on any atom is -0.497 e. The third kappa shape index (κ3) is 1.47. The molecule has 5 heteroatoms. The highest BCUT2D eigenvalue weighted by Crippen LogP contribution is 2.39. The van der Waals surface area contributed by atoms with Gasteiger partial charge in [-0.3, -0.25) is 4.84 Å². The van der Waals surface area contributed by atoms with Gasteiger partial charge in [0.1, 0.15) is 5.75 Å². The fraction of sp³-hybridized carbons (Fsp3) is 0.333. The van der Waals surface area contributed by atoms with Crippen molar-refractivity contribution in [1.82, 2.24) is 0 Å². The topological polar surface area (TPSA) is 62.9 Å². The van der Waals surface area contributed by atoms with Gasteiger partial charge < -0.3 is 14.2 Å². The van der Waals surface area contributed by atoms with E-state index in [1.54, 1.807) is 19.2 Å². The van der Waals surface area contributed by atoms with Crippen molar-refractivity contribution in [3.05, 3.63) is 17.7 Å². The molecule has 0 unspecified atom stereocenters. The standard InChI is InChI=1S/C9H11NO4/c1-11-7-2-6(4-14-10)9-8(3-7)12-5-13-9/h2-3H,4-5,10H2,1H3. The molecule has 1 aromatic carbocycles. The van der Waals surface area contributed by atoms with E-state index >= 15 is 0 Å². The molecule has 1 aromatic rings. The molecule has 0 bridgehead atoms. The number of fused-ring (bicyclic) bond motifs is 1. The Morgan fingerprint density at radius 3 is 3.00 bits per heavy atom. The molecule has 1 aliphatic rings. The van der Waals surface area contributed by atoms with Gasteiger partial charge in [0.2, 0.25) is 6.79 Å². The number of benzene rings is 1. The van der Waals surface area contributed by atoms with Crippen LogP contribution in [0.15, 0.2) is 12.1 Å². The van der Waals surface area contributed by atoms with Crippen LogP contribution in [0.4, 0.5) is 0 Å². The lowest BCUT2D eigenvalue weighted by atomic mass is 10.2. The molecule has 0 aromatic heterocycles. The molecule has 2 N–H and O–H groups in total. The van der Waals surface area contributed by atoms with Crippen LogP contribution in [-0.2, 0) is 11.4 Å². The van der Waals surface area contributed by atoms with Crippen LogP contribution in [0.1, 0.15) is 5.56 Å². The van der Waals surface area contributed by atoms with Gasteiger partial charge in [-0.15, -0.1) is 0 Å². The van der Waals surface area contributed by atoms with E-state index in [4.69, 9.17) is 20.1 Å². The fourth-order valence-electron chi connectivity index (χ4n) is 1.37. The van der Waals surface area contributed by atoms with Crippen molar-refractivity contribution in [3.8, 4) is 17.2 Å². The maximum absolute atomic E-state index is 5.27. The van der Waals surface area contributed by atoms with Crippen LogP contribution in [-0.4, -0.2) is 13.9 Å². The summed E-state index contributed by atoms with van der Waals surface area (Å²) in [5.41, 5.74) is 0.819. The van der Waals surface area contributed by atoms with E-state index in [1.165, 1.54) is 0 Å². The normalized spacial score (nSPS) is 13.0. The van der Waals surface area contributed by atoms with Gasteiger partial charge in [-0.05, 0) is 6.07 Å². The predicted octanol–water partition coefficient (Wildman–Crippen LogP) is 0.814. The molecular formula is C9H11NO4. The second kappa shape index (κ2) is 3.73. The SMILES string of the molecule is COc1cc(CON)c2c(c1)OCO2. The number of rotatable bonds is 3. The molecule has 0 saturated carbocycles. The highest BCUT2D eigenvalue weighted by Gasteiger charge is 2.19. The zero-order valence-corrected chi connectivity index (χ0v) is 7.78. The Balaban J connectivity index is 2.41. The molecule has 2 rings (SSSR count). The molecule has 0 atom stereocenters. The molecule has 76 valence electrons. The van der Waals surface area contributed by atoms with Crippen molar-refractivity contribution in [3.63, 3.8) is 0 Å². The molecular weight excluding hydrogens is 186 g/mol. The van der Waals surface area contributed by atoms with Gasteiger partial charge in [-0.25, -0.2) is 5.90 Å². The predicted molar refractivity (Wildman–Crippen MR) is 48.1 cm³/mol. The highest BCUT2D eigenvalue weighted by molar-refractivity contribution is 5.52. The molecule has 1 aliphatic heterocycles. The number of nitrogens with two attached hydrogens (primary N) is 1. The first-order valence-corrected chi connectivity index (χ1v) is 4.13. The van der Waals surface area contributed by atoms with Gasteiger partial charge in [-0.2, -0.15) is 0 Å². The summed E-state index contributed by atoms with van der Waals surface area (Å²) in [5, 5.41) is 0. The quantitative estimate of drug-likeness (QED) is 0.726. The molecule has 0 spiro atoms. The van der Waals surface area contributed by atoms with Crippen molar-refractivity contribution >= 4 is 0 Å². The van der Waals surface area contributed by atoms with E-state index in [0.717, 1.165) is 5.56 Å². The van der Waals surface area contributed by atoms with Crippen molar-refractivity contribution < 1.29 is 19.0 Å². The Hall–Kier alpha value is -1.46. The third-order valence-electron chi connectivity index (χ3n) is 2.00. The van der Waals surface area contributed by atoms with E-state index in [9.17, 15) is 0 Å². The largest absolute Gasteiger partial charge is 0.497 e. The zero-order valence-electron chi connectivity index (χ0n) is 7.78. The van der Waals surface area contributed by atoms with Crippen LogP contribution in [0.5, 0.6) is 17.2 Å². The fourth-order valence-corrected chi connectivity index (χ4v) is 1.37. The summed E-state index contributed by atoms with van der Waals surface area (Å²) in [6.45, 7) is 0.489. The lowest BCUT2D eigenvalue weighted by Gasteiger charge is -2.07. The Kier molecular flexibility index (Phi) is 2.43. The molecule has 14 heavy (non-hydrogen) atoms. The maximum Gasteiger partial charge on any atom is 0.231 e. The average molecular weight is 197 g/mol. The summed E-state index contributed by atoms with van der Waals surface area (Å²) < 4.78 is 15.6. The van der Waals surface area contributed by atoms with Gasteiger partial charge in [-0.1, -0.05) is 0 Å². The van der Waals surface area contributed by atoms with Gasteiger partial charge in [0, 0.05) is 11.6 Å². The monoisotopic (exact) mass is 197 g/mol. The second-order valence-electron chi connectivity index (χ2n) is 2.83. The van der Waals surface area contributed by atoms with Crippen molar-refractivity contribution in [1.29, 1.82) is 0 Å². The Morgan fingerprint density at radius 1 is 1.43 bits per heavy atom. The van der Waals surface area contributed by atoms with E-state index < -0.39 is 0 Å². The molecule has 5 nitrogen and oxygen atoms in total. The van der Waals surface area contributed by atoms with Crippen LogP contribution < -0.4 is 20.1 Å². The first kappa shape index (κ1) is 9.11. The van der Waals surface area contributed by atoms with E-state index in [0.29, 0.717) is 17.2 Å². The average Bonchev–Trinajstić information content (AvgIpc) is 2.66. The summed E-state index contributed by atoms with van der Waals surface area (Å²) in [6, 6.07) is 3.57. The Morgan fingerprint density at radius 2 is 2.29 bits per heavy atom. The van der Waals surface area contributed by atoms with Crippen LogP contribution in [0.25, 0.3) is 0 Å². The number of methoxy groups -OCH3 is 1. The number of hydrogen-bond acceptors (Lipinski definition) is 5. The summed E-state index contributed by atoms with van der Waals surface area (Å²) in [6.07, 6.45) is 0. The molecule has 0 saturated heterocycles. The Bertz CT molecular complexity index is 340.